The minimum absolute atomic E-state index is 0.0562. The number of nitrogens with one attached hydrogen (secondary N) is 1. The van der Waals surface area contributed by atoms with E-state index in [1.165, 1.54) is 25.3 Å². The van der Waals surface area contributed by atoms with E-state index >= 15 is 0 Å². The number of esters is 1. The summed E-state index contributed by atoms with van der Waals surface area (Å²) in [6, 6.07) is 10.2. The first kappa shape index (κ1) is 21.0. The van der Waals surface area contributed by atoms with Crippen molar-refractivity contribution in [3.63, 3.8) is 0 Å². The third kappa shape index (κ3) is 5.13. The number of ether oxygens (including phenoxy) is 2. The topological polar surface area (TPSA) is 125 Å². The Morgan fingerprint density at radius 1 is 1.21 bits per heavy atom. The summed E-state index contributed by atoms with van der Waals surface area (Å²) in [4.78, 5) is 35.1. The van der Waals surface area contributed by atoms with E-state index in [1.807, 2.05) is 0 Å². The van der Waals surface area contributed by atoms with Gasteiger partial charge in [-0.15, -0.1) is 0 Å². The zero-order chi connectivity index (χ0) is 20.7. The normalized spacial score (nSPS) is 11.4. The molecule has 1 amide bonds. The molecule has 0 spiro atoms. The summed E-state index contributed by atoms with van der Waals surface area (Å²) in [7, 11) is -0.00685. The first-order valence-corrected chi connectivity index (χ1v) is 9.46. The minimum Gasteiger partial charge on any atom is -0.496 e. The maximum atomic E-state index is 12.2. The number of anilines is 1. The van der Waals surface area contributed by atoms with Crippen LogP contribution in [0.3, 0.4) is 0 Å². The lowest BCUT2D eigenvalue weighted by Gasteiger charge is -2.10. The fraction of sp³-hybridized carbons (Fsp3) is 0.222. The summed E-state index contributed by atoms with van der Waals surface area (Å²) in [5.41, 5.74) is -0.312. The number of nitrogens with zero attached hydrogens (tertiary/aromatic N) is 1. The van der Waals surface area contributed by atoms with E-state index in [1.54, 1.807) is 25.1 Å². The smallest absolute Gasteiger partial charge is 0.339 e. The van der Waals surface area contributed by atoms with Crippen LogP contribution < -0.4 is 10.1 Å². The zero-order valence-corrected chi connectivity index (χ0v) is 16.0. The number of methoxy groups -OCH3 is 1. The van der Waals surface area contributed by atoms with Crippen molar-refractivity contribution in [2.45, 2.75) is 11.8 Å². The molecule has 0 bridgehead atoms. The summed E-state index contributed by atoms with van der Waals surface area (Å²) in [6.45, 7) is 1.06. The average molecular weight is 406 g/mol. The number of nitro groups is 1. The predicted octanol–water partition coefficient (Wildman–Crippen LogP) is 2.53. The second-order valence-electron chi connectivity index (χ2n) is 5.39. The summed E-state index contributed by atoms with van der Waals surface area (Å²) < 4.78 is 21.9. The van der Waals surface area contributed by atoms with Gasteiger partial charge >= 0.3 is 5.97 Å². The third-order valence-electron chi connectivity index (χ3n) is 3.62. The average Bonchev–Trinajstić information content (AvgIpc) is 2.71. The minimum atomic E-state index is -1.37. The predicted molar refractivity (Wildman–Crippen MR) is 102 cm³/mol. The number of carbonyl (C=O) groups excluding carboxylic acids is 2. The number of hydrogen-bond acceptors (Lipinski definition) is 7. The molecule has 0 fully saturated rings. The molecule has 0 radical (unpaired) electrons. The zero-order valence-electron chi connectivity index (χ0n) is 15.2. The van der Waals surface area contributed by atoms with Crippen LogP contribution in [0.4, 0.5) is 11.4 Å². The first-order valence-electron chi connectivity index (χ1n) is 8.14. The second kappa shape index (κ2) is 9.60. The van der Waals surface area contributed by atoms with Crippen LogP contribution in [0, 0.1) is 10.1 Å². The lowest BCUT2D eigenvalue weighted by atomic mass is 10.2. The van der Waals surface area contributed by atoms with E-state index in [2.05, 4.69) is 5.32 Å². The molecule has 2 aromatic rings. The SMILES string of the molecule is CC[S@@](=O)c1ccccc1C(=O)OCC(=O)Nc1ccc(OC)cc1[N+](=O)[O-]. The van der Waals surface area contributed by atoms with Gasteiger partial charge in [0.2, 0.25) is 0 Å². The van der Waals surface area contributed by atoms with Crippen molar-refractivity contribution in [1.82, 2.24) is 0 Å². The van der Waals surface area contributed by atoms with Crippen molar-refractivity contribution in [2.24, 2.45) is 0 Å². The molecule has 2 aromatic carbocycles. The monoisotopic (exact) mass is 406 g/mol. The molecular formula is C18H18N2O7S. The first-order chi connectivity index (χ1) is 13.4. The molecule has 0 aliphatic heterocycles. The fourth-order valence-corrected chi connectivity index (χ4v) is 3.22. The van der Waals surface area contributed by atoms with Gasteiger partial charge in [-0.25, -0.2) is 4.79 Å². The van der Waals surface area contributed by atoms with Gasteiger partial charge in [0.05, 0.1) is 39.4 Å². The van der Waals surface area contributed by atoms with Crippen LogP contribution in [0.5, 0.6) is 5.75 Å². The highest BCUT2D eigenvalue weighted by Crippen LogP contribution is 2.28. The van der Waals surface area contributed by atoms with Crippen molar-refractivity contribution in [3.8, 4) is 5.75 Å². The highest BCUT2D eigenvalue weighted by Gasteiger charge is 2.20. The molecule has 9 nitrogen and oxygen atoms in total. The van der Waals surface area contributed by atoms with Gasteiger partial charge in [-0.2, -0.15) is 0 Å². The molecule has 0 aliphatic rings. The molecule has 0 saturated carbocycles. The fourth-order valence-electron chi connectivity index (χ4n) is 2.28. The Labute approximate surface area is 163 Å². The van der Waals surface area contributed by atoms with Crippen LogP contribution in [0.2, 0.25) is 0 Å². The van der Waals surface area contributed by atoms with Crippen molar-refractivity contribution in [1.29, 1.82) is 0 Å². The number of carbonyl (C=O) groups is 2. The van der Waals surface area contributed by atoms with Crippen molar-refractivity contribution in [2.75, 3.05) is 24.8 Å². The Morgan fingerprint density at radius 3 is 2.57 bits per heavy atom. The molecule has 2 rings (SSSR count). The molecular weight excluding hydrogens is 388 g/mol. The van der Waals surface area contributed by atoms with Crippen molar-refractivity contribution in [3.05, 3.63) is 58.1 Å². The van der Waals surface area contributed by atoms with E-state index in [9.17, 15) is 23.9 Å². The van der Waals surface area contributed by atoms with Crippen LogP contribution >= 0.6 is 0 Å². The lowest BCUT2D eigenvalue weighted by molar-refractivity contribution is -0.384. The van der Waals surface area contributed by atoms with Gasteiger partial charge in [0.25, 0.3) is 11.6 Å². The summed E-state index contributed by atoms with van der Waals surface area (Å²) >= 11 is 0. The molecule has 0 saturated heterocycles. The Balaban J connectivity index is 2.07. The molecule has 0 aliphatic carbocycles. The van der Waals surface area contributed by atoms with Crippen LogP contribution in [0.15, 0.2) is 47.4 Å². The van der Waals surface area contributed by atoms with Crippen LogP contribution in [-0.4, -0.2) is 40.5 Å². The van der Waals surface area contributed by atoms with E-state index in [0.717, 1.165) is 6.07 Å². The number of rotatable bonds is 8. The molecule has 1 atom stereocenters. The number of hydrogen-bond donors (Lipinski definition) is 1. The highest BCUT2D eigenvalue weighted by molar-refractivity contribution is 7.85. The van der Waals surface area contributed by atoms with E-state index in [-0.39, 0.29) is 22.7 Å². The summed E-state index contributed by atoms with van der Waals surface area (Å²) in [5.74, 6) is -0.976. The van der Waals surface area contributed by atoms with E-state index in [0.29, 0.717) is 10.6 Å². The second-order valence-corrected chi connectivity index (χ2v) is 7.10. The third-order valence-corrected chi connectivity index (χ3v) is 5.00. The molecule has 0 aromatic heterocycles. The largest absolute Gasteiger partial charge is 0.496 e. The summed E-state index contributed by atoms with van der Waals surface area (Å²) in [6.07, 6.45) is 0. The lowest BCUT2D eigenvalue weighted by Crippen LogP contribution is -2.22. The number of nitro benzene ring substituents is 1. The van der Waals surface area contributed by atoms with Crippen LogP contribution in [0.25, 0.3) is 0 Å². The van der Waals surface area contributed by atoms with Crippen molar-refractivity contribution < 1.29 is 28.2 Å². The van der Waals surface area contributed by atoms with Gasteiger partial charge in [0.1, 0.15) is 11.4 Å². The molecule has 1 N–H and O–H groups in total. The van der Waals surface area contributed by atoms with E-state index < -0.39 is 34.2 Å². The Morgan fingerprint density at radius 2 is 1.93 bits per heavy atom. The maximum absolute atomic E-state index is 12.2. The molecule has 10 heteroatoms. The standard InChI is InChI=1S/C18H18N2O7S/c1-3-28(25)16-7-5-4-6-13(16)18(22)27-11-17(21)19-14-9-8-12(26-2)10-15(14)20(23)24/h4-10H,3,11H2,1-2H3,(H,19,21)/t28-/m1/s1. The van der Waals surface area contributed by atoms with Gasteiger partial charge in [0.15, 0.2) is 6.61 Å². The quantitative estimate of drug-likeness (QED) is 0.406. The molecule has 148 valence electrons. The Hall–Kier alpha value is -3.27. The Bertz CT molecular complexity index is 930. The van der Waals surface area contributed by atoms with Crippen molar-refractivity contribution >= 4 is 34.1 Å². The molecule has 0 heterocycles. The molecule has 0 unspecified atom stereocenters. The van der Waals surface area contributed by atoms with Gasteiger partial charge in [0, 0.05) is 5.75 Å². The van der Waals surface area contributed by atoms with Gasteiger partial charge in [-0.1, -0.05) is 19.1 Å². The van der Waals surface area contributed by atoms with E-state index in [4.69, 9.17) is 9.47 Å². The maximum Gasteiger partial charge on any atom is 0.339 e. The highest BCUT2D eigenvalue weighted by atomic mass is 32.2. The van der Waals surface area contributed by atoms with Gasteiger partial charge < -0.3 is 14.8 Å². The number of amides is 1. The van der Waals surface area contributed by atoms with Gasteiger partial charge in [-0.3, -0.25) is 19.1 Å². The van der Waals surface area contributed by atoms with Gasteiger partial charge in [-0.05, 0) is 24.3 Å². The Kier molecular flexibility index (Phi) is 7.21. The summed E-state index contributed by atoms with van der Waals surface area (Å²) in [5, 5.41) is 13.5. The van der Waals surface area contributed by atoms with Crippen LogP contribution in [-0.2, 0) is 20.3 Å². The van der Waals surface area contributed by atoms with Crippen LogP contribution in [0.1, 0.15) is 17.3 Å². The molecule has 28 heavy (non-hydrogen) atoms. The number of benzene rings is 2.